The minimum absolute atomic E-state index is 0.324. The molecule has 0 bridgehead atoms. The molecule has 3 nitrogen and oxygen atoms in total. The molecule has 1 rings (SSSR count). The molecule has 4 heteroatoms. The Morgan fingerprint density at radius 2 is 1.69 bits per heavy atom. The van der Waals surface area contributed by atoms with Crippen molar-refractivity contribution in [3.63, 3.8) is 0 Å². The summed E-state index contributed by atoms with van der Waals surface area (Å²) in [6.45, 7) is 8.04. The number of hydrogen-bond donors (Lipinski definition) is 0. The molecule has 1 aliphatic heterocycles. The second-order valence-electron chi connectivity index (χ2n) is 3.95. The molecule has 16 heavy (non-hydrogen) atoms. The van der Waals surface area contributed by atoms with E-state index in [1.54, 1.807) is 12.2 Å². The van der Waals surface area contributed by atoms with Gasteiger partial charge < -0.3 is 4.43 Å². The predicted molar refractivity (Wildman–Crippen MR) is 64.9 cm³/mol. The van der Waals surface area contributed by atoms with Crippen LogP contribution in [0.15, 0.2) is 25.3 Å². The average molecular weight is 232 g/mol. The third-order valence-corrected chi connectivity index (χ3v) is 7.85. The van der Waals surface area contributed by atoms with Crippen LogP contribution in [0.5, 0.6) is 0 Å². The SMILES string of the molecule is C=CC(C#N)[Si]1(C(C#N)C=C)CCCCO1. The Kier molecular flexibility index (Phi) is 4.48. The van der Waals surface area contributed by atoms with Crippen molar-refractivity contribution in [1.82, 2.24) is 0 Å². The predicted octanol–water partition coefficient (Wildman–Crippen LogP) is 2.90. The normalized spacial score (nSPS) is 28.1. The minimum Gasteiger partial charge on any atom is -0.414 e. The molecule has 0 amide bonds. The van der Waals surface area contributed by atoms with Crippen LogP contribution >= 0.6 is 0 Å². The van der Waals surface area contributed by atoms with Gasteiger partial charge in [-0.25, -0.2) is 0 Å². The Morgan fingerprint density at radius 3 is 2.00 bits per heavy atom. The first-order valence-electron chi connectivity index (χ1n) is 5.43. The molecule has 1 heterocycles. The molecular formula is C12H16N2OSi. The van der Waals surface area contributed by atoms with Gasteiger partial charge in [0.2, 0.25) is 8.32 Å². The Balaban J connectivity index is 3.10. The van der Waals surface area contributed by atoms with Crippen molar-refractivity contribution >= 4 is 8.32 Å². The Morgan fingerprint density at radius 1 is 1.12 bits per heavy atom. The van der Waals surface area contributed by atoms with Crippen molar-refractivity contribution < 1.29 is 4.43 Å². The summed E-state index contributed by atoms with van der Waals surface area (Å²) in [5, 5.41) is 18.3. The third kappa shape index (κ3) is 2.09. The summed E-state index contributed by atoms with van der Waals surface area (Å²) < 4.78 is 5.90. The van der Waals surface area contributed by atoms with E-state index in [-0.39, 0.29) is 11.1 Å². The van der Waals surface area contributed by atoms with Crippen LogP contribution in [0.25, 0.3) is 0 Å². The maximum absolute atomic E-state index is 9.17. The van der Waals surface area contributed by atoms with Gasteiger partial charge in [-0.15, -0.1) is 13.2 Å². The molecule has 0 aliphatic carbocycles. The molecule has 0 aromatic carbocycles. The van der Waals surface area contributed by atoms with Crippen LogP contribution in [0.4, 0.5) is 0 Å². The van der Waals surface area contributed by atoms with Crippen LogP contribution in [0.1, 0.15) is 12.8 Å². The van der Waals surface area contributed by atoms with Gasteiger partial charge in [0.15, 0.2) is 0 Å². The quantitative estimate of drug-likeness (QED) is 0.553. The maximum atomic E-state index is 9.17. The number of nitrogens with zero attached hydrogens (tertiary/aromatic N) is 2. The molecule has 2 atom stereocenters. The lowest BCUT2D eigenvalue weighted by Gasteiger charge is -2.39. The summed E-state index contributed by atoms with van der Waals surface area (Å²) in [6, 6.07) is 5.31. The van der Waals surface area contributed by atoms with Crippen LogP contribution in [0.2, 0.25) is 17.1 Å². The van der Waals surface area contributed by atoms with E-state index in [0.717, 1.165) is 18.9 Å². The summed E-state index contributed by atoms with van der Waals surface area (Å²) in [6.07, 6.45) is 5.31. The molecule has 1 aliphatic rings. The van der Waals surface area contributed by atoms with E-state index in [9.17, 15) is 10.5 Å². The molecule has 1 fully saturated rings. The van der Waals surface area contributed by atoms with Gasteiger partial charge in [0.1, 0.15) is 0 Å². The average Bonchev–Trinajstić information content (AvgIpc) is 2.33. The van der Waals surface area contributed by atoms with E-state index in [0.29, 0.717) is 6.61 Å². The van der Waals surface area contributed by atoms with Gasteiger partial charge in [0.05, 0.1) is 23.2 Å². The molecular weight excluding hydrogens is 216 g/mol. The second kappa shape index (κ2) is 5.65. The van der Waals surface area contributed by atoms with Gasteiger partial charge >= 0.3 is 0 Å². The summed E-state index contributed by atoms with van der Waals surface area (Å²) in [5.74, 6) is 0. The third-order valence-electron chi connectivity index (χ3n) is 3.14. The van der Waals surface area contributed by atoms with E-state index >= 15 is 0 Å². The topological polar surface area (TPSA) is 56.8 Å². The molecule has 0 radical (unpaired) electrons. The fraction of sp³-hybridized carbons (Fsp3) is 0.500. The summed E-state index contributed by atoms with van der Waals surface area (Å²) in [4.78, 5) is 0. The lowest BCUT2D eigenvalue weighted by atomic mass is 10.3. The summed E-state index contributed by atoms with van der Waals surface area (Å²) in [7, 11) is -2.40. The first-order chi connectivity index (χ1) is 7.75. The fourth-order valence-electron chi connectivity index (χ4n) is 2.24. The van der Waals surface area contributed by atoms with Gasteiger partial charge in [-0.1, -0.05) is 18.6 Å². The first kappa shape index (κ1) is 12.7. The smallest absolute Gasteiger partial charge is 0.233 e. The van der Waals surface area contributed by atoms with Gasteiger partial charge in [0.25, 0.3) is 0 Å². The van der Waals surface area contributed by atoms with Crippen LogP contribution < -0.4 is 0 Å². The number of allylic oxidation sites excluding steroid dienone is 2. The number of rotatable bonds is 4. The Labute approximate surface area is 97.8 Å². The zero-order chi connectivity index (χ0) is 12.0. The highest BCUT2D eigenvalue weighted by atomic mass is 28.4. The van der Waals surface area contributed by atoms with Gasteiger partial charge in [0, 0.05) is 6.61 Å². The van der Waals surface area contributed by atoms with Crippen LogP contribution in [-0.2, 0) is 4.43 Å². The molecule has 2 unspecified atom stereocenters. The zero-order valence-electron chi connectivity index (χ0n) is 9.35. The van der Waals surface area contributed by atoms with Crippen LogP contribution in [-0.4, -0.2) is 14.9 Å². The van der Waals surface area contributed by atoms with Crippen molar-refractivity contribution in [3.8, 4) is 12.1 Å². The fourth-order valence-corrected chi connectivity index (χ4v) is 6.32. The molecule has 84 valence electrons. The van der Waals surface area contributed by atoms with E-state index < -0.39 is 8.32 Å². The summed E-state index contributed by atoms with van der Waals surface area (Å²) >= 11 is 0. The number of nitriles is 2. The Hall–Kier alpha value is -1.36. The van der Waals surface area contributed by atoms with Crippen molar-refractivity contribution in [2.24, 2.45) is 0 Å². The highest BCUT2D eigenvalue weighted by molar-refractivity contribution is 6.79. The lowest BCUT2D eigenvalue weighted by Crippen LogP contribution is -2.48. The van der Waals surface area contributed by atoms with Crippen LogP contribution in [0, 0.1) is 22.7 Å². The van der Waals surface area contributed by atoms with E-state index in [1.807, 2.05) is 0 Å². The van der Waals surface area contributed by atoms with E-state index in [1.165, 1.54) is 0 Å². The highest BCUT2D eigenvalue weighted by Gasteiger charge is 2.49. The van der Waals surface area contributed by atoms with Gasteiger partial charge in [-0.05, 0) is 12.5 Å². The van der Waals surface area contributed by atoms with Crippen molar-refractivity contribution in [1.29, 1.82) is 10.5 Å². The Bertz CT molecular complexity index is 319. The van der Waals surface area contributed by atoms with Crippen molar-refractivity contribution in [2.75, 3.05) is 6.61 Å². The second-order valence-corrected chi connectivity index (χ2v) is 7.89. The highest BCUT2D eigenvalue weighted by Crippen LogP contribution is 2.42. The zero-order valence-corrected chi connectivity index (χ0v) is 10.4. The minimum atomic E-state index is -2.40. The molecule has 0 aromatic heterocycles. The monoisotopic (exact) mass is 232 g/mol. The van der Waals surface area contributed by atoms with E-state index in [2.05, 4.69) is 25.3 Å². The van der Waals surface area contributed by atoms with Crippen molar-refractivity contribution in [3.05, 3.63) is 25.3 Å². The molecule has 1 saturated heterocycles. The maximum Gasteiger partial charge on any atom is 0.233 e. The van der Waals surface area contributed by atoms with E-state index in [4.69, 9.17) is 4.43 Å². The molecule has 0 spiro atoms. The van der Waals surface area contributed by atoms with Gasteiger partial charge in [-0.3, -0.25) is 0 Å². The number of hydrogen-bond acceptors (Lipinski definition) is 3. The van der Waals surface area contributed by atoms with Crippen LogP contribution in [0.3, 0.4) is 0 Å². The molecule has 0 aromatic rings. The summed E-state index contributed by atoms with van der Waals surface area (Å²) in [5.41, 5.74) is -0.647. The van der Waals surface area contributed by atoms with Crippen molar-refractivity contribution in [2.45, 2.75) is 30.0 Å². The van der Waals surface area contributed by atoms with Gasteiger partial charge in [-0.2, -0.15) is 10.5 Å². The molecule has 0 saturated carbocycles. The molecule has 0 N–H and O–H groups in total. The standard InChI is InChI=1S/C12H16N2OSi/c1-3-11(9-13)16(12(4-2)10-14)8-6-5-7-15-16/h3-4,11-12H,1-2,5-8H2. The largest absolute Gasteiger partial charge is 0.414 e. The lowest BCUT2D eigenvalue weighted by molar-refractivity contribution is 0.263. The first-order valence-corrected chi connectivity index (χ1v) is 7.70.